The third kappa shape index (κ3) is 5.56. The third-order valence-electron chi connectivity index (χ3n) is 4.91. The van der Waals surface area contributed by atoms with Crippen LogP contribution in [0.2, 0.25) is 5.02 Å². The monoisotopic (exact) mass is 533 g/mol. The van der Waals surface area contributed by atoms with E-state index in [1.54, 1.807) is 0 Å². The van der Waals surface area contributed by atoms with Gasteiger partial charge in [0.05, 0.1) is 26.0 Å². The van der Waals surface area contributed by atoms with Crippen LogP contribution in [0.5, 0.6) is 11.5 Å². The minimum Gasteiger partial charge on any atom is -0.450 e. The summed E-state index contributed by atoms with van der Waals surface area (Å²) in [6.07, 6.45) is -3.42. The average Bonchev–Trinajstić information content (AvgIpc) is 3.19. The highest BCUT2D eigenvalue weighted by Gasteiger charge is 2.33. The average molecular weight is 534 g/mol. The van der Waals surface area contributed by atoms with Crippen molar-refractivity contribution in [2.45, 2.75) is 6.18 Å². The lowest BCUT2D eigenvalue weighted by molar-refractivity contribution is -0.385. The van der Waals surface area contributed by atoms with E-state index in [-0.39, 0.29) is 33.6 Å². The summed E-state index contributed by atoms with van der Waals surface area (Å²) >= 11 is 6.06. The van der Waals surface area contributed by atoms with Crippen molar-refractivity contribution < 1.29 is 37.3 Å². The molecule has 1 aliphatic rings. The molecule has 1 heterocycles. The van der Waals surface area contributed by atoms with Gasteiger partial charge in [-0.05, 0) is 42.0 Å². The fraction of sp³-hybridized carbons (Fsp3) is 0.0435. The molecule has 0 saturated heterocycles. The molecule has 0 amide bonds. The summed E-state index contributed by atoms with van der Waals surface area (Å²) in [4.78, 5) is 36.9. The molecule has 0 unspecified atom stereocenters. The molecule has 4 rings (SSSR count). The molecule has 0 aliphatic carbocycles. The van der Waals surface area contributed by atoms with Crippen LogP contribution in [0.4, 0.5) is 24.5 Å². The minimum absolute atomic E-state index is 0.0505. The Balaban J connectivity index is 1.57. The number of nitrogens with zero attached hydrogens (tertiary/aromatic N) is 3. The van der Waals surface area contributed by atoms with E-state index >= 15 is 0 Å². The Kier molecular flexibility index (Phi) is 6.64. The number of hydrogen-bond donors (Lipinski definition) is 0. The highest BCUT2D eigenvalue weighted by atomic mass is 35.5. The Labute approximate surface area is 209 Å². The maximum Gasteiger partial charge on any atom is 0.416 e. The molecule has 0 bridgehead atoms. The zero-order chi connectivity index (χ0) is 26.9. The van der Waals surface area contributed by atoms with Gasteiger partial charge in [0.2, 0.25) is 11.6 Å². The van der Waals surface area contributed by atoms with Gasteiger partial charge in [-0.2, -0.15) is 13.2 Å². The van der Waals surface area contributed by atoms with Crippen molar-refractivity contribution >= 4 is 40.9 Å². The number of ether oxygens (including phenoxy) is 2. The maximum absolute atomic E-state index is 12.9. The zero-order valence-corrected chi connectivity index (χ0v) is 18.8. The normalized spacial score (nSPS) is 14.3. The molecular weight excluding hydrogens is 523 g/mol. The van der Waals surface area contributed by atoms with E-state index in [0.717, 1.165) is 12.1 Å². The van der Waals surface area contributed by atoms with Crippen LogP contribution < -0.4 is 4.74 Å². The van der Waals surface area contributed by atoms with Gasteiger partial charge in [-0.15, -0.1) is 0 Å². The van der Waals surface area contributed by atoms with Crippen LogP contribution in [0.3, 0.4) is 0 Å². The van der Waals surface area contributed by atoms with Gasteiger partial charge in [0.15, 0.2) is 5.70 Å². The number of rotatable bonds is 6. The second-order valence-corrected chi connectivity index (χ2v) is 7.77. The Bertz CT molecular complexity index is 1500. The van der Waals surface area contributed by atoms with Crippen LogP contribution in [0.25, 0.3) is 6.08 Å². The molecular formula is C23H11ClF3N3O7. The molecule has 188 valence electrons. The predicted octanol–water partition coefficient (Wildman–Crippen LogP) is 6.31. The molecule has 10 nitrogen and oxygen atoms in total. The van der Waals surface area contributed by atoms with Gasteiger partial charge < -0.3 is 9.47 Å². The molecule has 3 aromatic rings. The molecule has 0 spiro atoms. The lowest BCUT2D eigenvalue weighted by atomic mass is 10.1. The first-order chi connectivity index (χ1) is 17.4. The van der Waals surface area contributed by atoms with Gasteiger partial charge in [0, 0.05) is 18.2 Å². The van der Waals surface area contributed by atoms with E-state index in [4.69, 9.17) is 21.1 Å². The third-order valence-corrected chi connectivity index (χ3v) is 5.24. The van der Waals surface area contributed by atoms with Crippen LogP contribution in [-0.4, -0.2) is 21.7 Å². The molecule has 37 heavy (non-hydrogen) atoms. The Morgan fingerprint density at radius 2 is 1.68 bits per heavy atom. The predicted molar refractivity (Wildman–Crippen MR) is 123 cm³/mol. The van der Waals surface area contributed by atoms with Gasteiger partial charge in [-0.1, -0.05) is 23.7 Å². The number of cyclic esters (lactones) is 1. The summed E-state index contributed by atoms with van der Waals surface area (Å²) in [5.41, 5.74) is -1.99. The number of halogens is 4. The standard InChI is InChI=1S/C23H11ClF3N3O7/c24-17-7-4-14(29(32)33)11-16(17)21-28-18(22(31)37-21)9-12-1-5-15(6-2-12)36-20-8-3-13(23(25,26)27)10-19(20)30(34)35/h1-11H/b18-9-. The van der Waals surface area contributed by atoms with E-state index in [9.17, 15) is 38.2 Å². The SMILES string of the molecule is O=C1OC(c2cc([N+](=O)[O-])ccc2Cl)=N/C1=C\c1ccc(Oc2ccc(C(F)(F)F)cc2[N+](=O)[O-])cc1. The second kappa shape index (κ2) is 9.70. The number of non-ortho nitro benzene ring substituents is 1. The second-order valence-electron chi connectivity index (χ2n) is 7.37. The van der Waals surface area contributed by atoms with Crippen LogP contribution >= 0.6 is 11.6 Å². The van der Waals surface area contributed by atoms with Gasteiger partial charge in [0.1, 0.15) is 5.75 Å². The molecule has 0 radical (unpaired) electrons. The number of aliphatic imine (C=N–C) groups is 1. The maximum atomic E-state index is 12.9. The fourth-order valence-electron chi connectivity index (χ4n) is 3.15. The highest BCUT2D eigenvalue weighted by molar-refractivity contribution is 6.34. The number of nitro groups is 2. The summed E-state index contributed by atoms with van der Waals surface area (Å²) in [5.74, 6) is -1.38. The van der Waals surface area contributed by atoms with Crippen molar-refractivity contribution in [1.29, 1.82) is 0 Å². The van der Waals surface area contributed by atoms with Crippen molar-refractivity contribution in [1.82, 2.24) is 0 Å². The Morgan fingerprint density at radius 3 is 2.30 bits per heavy atom. The molecule has 0 N–H and O–H groups in total. The van der Waals surface area contributed by atoms with Crippen LogP contribution in [-0.2, 0) is 15.7 Å². The number of carbonyl (C=O) groups is 1. The first-order valence-electron chi connectivity index (χ1n) is 10.0. The van der Waals surface area contributed by atoms with Crippen molar-refractivity contribution in [3.8, 4) is 11.5 Å². The van der Waals surface area contributed by atoms with Gasteiger partial charge >= 0.3 is 17.8 Å². The number of carbonyl (C=O) groups excluding carboxylic acids is 1. The Hall–Kier alpha value is -4.78. The van der Waals surface area contributed by atoms with E-state index in [2.05, 4.69) is 4.99 Å². The van der Waals surface area contributed by atoms with Gasteiger partial charge in [0.25, 0.3) is 5.69 Å². The van der Waals surface area contributed by atoms with Crippen molar-refractivity contribution in [3.05, 3.63) is 108 Å². The topological polar surface area (TPSA) is 134 Å². The number of hydrogen-bond acceptors (Lipinski definition) is 8. The molecule has 0 atom stereocenters. The van der Waals surface area contributed by atoms with Crippen LogP contribution in [0.15, 0.2) is 71.4 Å². The number of esters is 1. The van der Waals surface area contributed by atoms with Gasteiger partial charge in [-0.25, -0.2) is 9.79 Å². The molecule has 3 aromatic carbocycles. The van der Waals surface area contributed by atoms with Crippen molar-refractivity contribution in [3.63, 3.8) is 0 Å². The summed E-state index contributed by atoms with van der Waals surface area (Å²) < 4.78 is 49.1. The zero-order valence-electron chi connectivity index (χ0n) is 18.1. The summed E-state index contributed by atoms with van der Waals surface area (Å²) in [6, 6.07) is 11.1. The van der Waals surface area contributed by atoms with E-state index < -0.39 is 39.0 Å². The van der Waals surface area contributed by atoms with Crippen molar-refractivity contribution in [2.75, 3.05) is 0 Å². The van der Waals surface area contributed by atoms with Crippen LogP contribution in [0, 0.1) is 20.2 Å². The lowest BCUT2D eigenvalue weighted by Crippen LogP contribution is -2.06. The highest BCUT2D eigenvalue weighted by Crippen LogP contribution is 2.38. The summed E-state index contributed by atoms with van der Waals surface area (Å²) in [7, 11) is 0. The van der Waals surface area contributed by atoms with E-state index in [1.807, 2.05) is 0 Å². The molecule has 14 heteroatoms. The fourth-order valence-corrected chi connectivity index (χ4v) is 3.35. The first-order valence-corrected chi connectivity index (χ1v) is 10.4. The largest absolute Gasteiger partial charge is 0.450 e. The summed E-state index contributed by atoms with van der Waals surface area (Å²) in [5, 5.41) is 22.3. The van der Waals surface area contributed by atoms with E-state index in [1.165, 1.54) is 42.5 Å². The van der Waals surface area contributed by atoms with E-state index in [0.29, 0.717) is 17.7 Å². The molecule has 1 aliphatic heterocycles. The molecule has 0 aromatic heterocycles. The van der Waals surface area contributed by atoms with Crippen LogP contribution in [0.1, 0.15) is 16.7 Å². The first kappa shape index (κ1) is 25.3. The quantitative estimate of drug-likeness (QED) is 0.157. The summed E-state index contributed by atoms with van der Waals surface area (Å²) in [6.45, 7) is 0. The smallest absolute Gasteiger partial charge is 0.416 e. The molecule has 0 fully saturated rings. The Morgan fingerprint density at radius 1 is 0.973 bits per heavy atom. The number of benzene rings is 3. The minimum atomic E-state index is -4.76. The number of alkyl halides is 3. The lowest BCUT2D eigenvalue weighted by Gasteiger charge is -2.10. The number of nitro benzene ring substituents is 2. The molecule has 0 saturated carbocycles. The van der Waals surface area contributed by atoms with Gasteiger partial charge in [-0.3, -0.25) is 20.2 Å². The van der Waals surface area contributed by atoms with Crippen molar-refractivity contribution in [2.24, 2.45) is 4.99 Å².